The van der Waals surface area contributed by atoms with Gasteiger partial charge in [0.1, 0.15) is 30.2 Å². The maximum absolute atomic E-state index is 15.1. The van der Waals surface area contributed by atoms with Crippen LogP contribution in [-0.4, -0.2) is 34.7 Å². The maximum Gasteiger partial charge on any atom is 0.262 e. The lowest BCUT2D eigenvalue weighted by atomic mass is 10.0. The number of benzene rings is 1. The van der Waals surface area contributed by atoms with Crippen LogP contribution in [0.15, 0.2) is 42.6 Å². The number of nitriles is 1. The lowest BCUT2D eigenvalue weighted by Gasteiger charge is -2.22. The van der Waals surface area contributed by atoms with E-state index in [4.69, 9.17) is 16.9 Å². The van der Waals surface area contributed by atoms with Crippen LogP contribution in [0.1, 0.15) is 22.9 Å². The third kappa shape index (κ3) is 5.29. The average Bonchev–Trinajstić information content (AvgIpc) is 2.84. The summed E-state index contributed by atoms with van der Waals surface area (Å²) in [4.78, 5) is 12.7. The van der Waals surface area contributed by atoms with Gasteiger partial charge in [0, 0.05) is 23.4 Å². The minimum Gasteiger partial charge on any atom is -0.370 e. The molecule has 0 unspecified atom stereocenters. The third-order valence-corrected chi connectivity index (χ3v) is 7.43. The molecule has 37 heavy (non-hydrogen) atoms. The Kier molecular flexibility index (Phi) is 7.22. The molecule has 4 aromatic rings. The number of halogens is 5. The van der Waals surface area contributed by atoms with Crippen molar-refractivity contribution >= 4 is 40.9 Å². The Morgan fingerprint density at radius 1 is 1.08 bits per heavy atom. The van der Waals surface area contributed by atoms with Crippen LogP contribution in [0.3, 0.4) is 0 Å². The molecule has 1 aromatic carbocycles. The molecule has 0 fully saturated rings. The van der Waals surface area contributed by atoms with Gasteiger partial charge in [-0.15, -0.1) is 0 Å². The van der Waals surface area contributed by atoms with Crippen molar-refractivity contribution in [2.75, 3.05) is 18.6 Å². The van der Waals surface area contributed by atoms with Crippen molar-refractivity contribution in [2.24, 2.45) is 0 Å². The first-order valence-electron chi connectivity index (χ1n) is 10.8. The second kappa shape index (κ2) is 10.1. The van der Waals surface area contributed by atoms with E-state index in [9.17, 15) is 17.7 Å². The minimum absolute atomic E-state index is 0.00662. The first kappa shape index (κ1) is 26.5. The summed E-state index contributed by atoms with van der Waals surface area (Å²) in [6.07, 6.45) is -1.80. The topological polar surface area (TPSA) is 91.6 Å². The second-order valence-corrected chi connectivity index (χ2v) is 12.2. The van der Waals surface area contributed by atoms with E-state index >= 15 is 4.39 Å². The van der Waals surface area contributed by atoms with Gasteiger partial charge in [-0.1, -0.05) is 11.6 Å². The number of aryl methyl sites for hydroxylation is 1. The number of rotatable bonds is 6. The Labute approximate surface area is 214 Å². The lowest BCUT2D eigenvalue weighted by Crippen LogP contribution is -2.21. The fraction of sp³-hybridized carbons (Fsp3) is 0.200. The normalized spacial score (nSPS) is 12.5. The zero-order valence-corrected chi connectivity index (χ0v) is 21.4. The summed E-state index contributed by atoms with van der Waals surface area (Å²) in [5.74, 6) is -1.70. The molecule has 0 saturated carbocycles. The smallest absolute Gasteiger partial charge is 0.262 e. The molecule has 0 amide bonds. The number of pyridine rings is 3. The molecule has 1 atom stereocenters. The summed E-state index contributed by atoms with van der Waals surface area (Å²) in [5.41, 5.74) is 0.0809. The molecule has 0 bridgehead atoms. The summed E-state index contributed by atoms with van der Waals surface area (Å²) >= 11 is 6.42. The summed E-state index contributed by atoms with van der Waals surface area (Å²) in [7, 11) is -2.65. The Balaban J connectivity index is 1.89. The third-order valence-electron chi connectivity index (χ3n) is 5.60. The lowest BCUT2D eigenvalue weighted by molar-refractivity contribution is 0.123. The number of hydrogen-bond donors (Lipinski definition) is 1. The van der Waals surface area contributed by atoms with Crippen molar-refractivity contribution < 1.29 is 22.1 Å². The van der Waals surface area contributed by atoms with Gasteiger partial charge in [0.15, 0.2) is 5.82 Å². The summed E-state index contributed by atoms with van der Waals surface area (Å²) in [6.45, 7) is 4.60. The van der Waals surface area contributed by atoms with E-state index in [0.717, 1.165) is 18.2 Å². The number of nitrogens with zero attached hydrogens (tertiary/aromatic N) is 4. The molecule has 3 aromatic heterocycles. The van der Waals surface area contributed by atoms with Gasteiger partial charge in [0.25, 0.3) is 6.43 Å². The Morgan fingerprint density at radius 2 is 1.81 bits per heavy atom. The number of anilines is 1. The van der Waals surface area contributed by atoms with Crippen LogP contribution in [0.25, 0.3) is 22.3 Å². The molecule has 4 rings (SSSR count). The fourth-order valence-electron chi connectivity index (χ4n) is 3.73. The van der Waals surface area contributed by atoms with Crippen molar-refractivity contribution in [1.29, 1.82) is 5.26 Å². The molecule has 0 aliphatic heterocycles. The standard InChI is InChI=1S/C25H19ClF4N5OP/c1-12-20(26)24(35-22(25(29)30)15-8-13(10-31)4-6-16(15)27)23-18(33-12)9-17(28)21(34-23)14-5-7-19(32-11-14)37(2,3)36/h4-9,11,22,25H,1-3H3,(H,33,35)/t22-/m1/s1. The van der Waals surface area contributed by atoms with Crippen molar-refractivity contribution in [3.05, 3.63) is 76.1 Å². The van der Waals surface area contributed by atoms with Gasteiger partial charge in [0.05, 0.1) is 39.0 Å². The van der Waals surface area contributed by atoms with Crippen LogP contribution < -0.4 is 10.8 Å². The Hall–Kier alpha value is -3.54. The first-order chi connectivity index (χ1) is 17.4. The van der Waals surface area contributed by atoms with Crippen LogP contribution in [-0.2, 0) is 4.57 Å². The van der Waals surface area contributed by atoms with E-state index in [-0.39, 0.29) is 44.3 Å². The van der Waals surface area contributed by atoms with Gasteiger partial charge in [-0.2, -0.15) is 5.26 Å². The number of hydrogen-bond acceptors (Lipinski definition) is 6. The monoisotopic (exact) mass is 547 g/mol. The van der Waals surface area contributed by atoms with Crippen molar-refractivity contribution in [3.8, 4) is 17.3 Å². The van der Waals surface area contributed by atoms with E-state index in [1.807, 2.05) is 0 Å². The number of aromatic nitrogens is 3. The molecule has 0 saturated heterocycles. The van der Waals surface area contributed by atoms with Gasteiger partial charge in [-0.05, 0) is 50.6 Å². The highest BCUT2D eigenvalue weighted by Crippen LogP contribution is 2.38. The summed E-state index contributed by atoms with van der Waals surface area (Å²) in [5, 5.41) is 11.6. The zero-order chi connectivity index (χ0) is 27.1. The van der Waals surface area contributed by atoms with Crippen molar-refractivity contribution in [2.45, 2.75) is 19.4 Å². The van der Waals surface area contributed by atoms with E-state index in [1.165, 1.54) is 31.3 Å². The van der Waals surface area contributed by atoms with Gasteiger partial charge in [-0.3, -0.25) is 4.98 Å². The highest BCUT2D eigenvalue weighted by molar-refractivity contribution is 7.69. The van der Waals surface area contributed by atoms with Crippen molar-refractivity contribution in [1.82, 2.24) is 15.0 Å². The van der Waals surface area contributed by atoms with Crippen LogP contribution in [0.4, 0.5) is 23.2 Å². The minimum atomic E-state index is -3.11. The van der Waals surface area contributed by atoms with E-state index < -0.39 is 36.8 Å². The summed E-state index contributed by atoms with van der Waals surface area (Å²) in [6, 6.07) is 7.09. The van der Waals surface area contributed by atoms with Crippen molar-refractivity contribution in [3.63, 3.8) is 0 Å². The molecule has 190 valence electrons. The quantitative estimate of drug-likeness (QED) is 0.220. The highest BCUT2D eigenvalue weighted by Gasteiger charge is 2.29. The maximum atomic E-state index is 15.1. The molecule has 0 aliphatic carbocycles. The molecule has 0 aliphatic rings. The predicted molar refractivity (Wildman–Crippen MR) is 135 cm³/mol. The Bertz CT molecular complexity index is 1600. The zero-order valence-electron chi connectivity index (χ0n) is 19.7. The summed E-state index contributed by atoms with van der Waals surface area (Å²) < 4.78 is 70.2. The largest absolute Gasteiger partial charge is 0.370 e. The van der Waals surface area contributed by atoms with Gasteiger partial charge >= 0.3 is 0 Å². The van der Waals surface area contributed by atoms with Crippen LogP contribution in [0.2, 0.25) is 5.02 Å². The van der Waals surface area contributed by atoms with E-state index in [2.05, 4.69) is 20.3 Å². The van der Waals surface area contributed by atoms with Gasteiger partial charge in [0.2, 0.25) is 0 Å². The molecular weight excluding hydrogens is 529 g/mol. The first-order valence-corrected chi connectivity index (χ1v) is 13.8. The molecule has 6 nitrogen and oxygen atoms in total. The Morgan fingerprint density at radius 3 is 2.41 bits per heavy atom. The number of nitrogens with one attached hydrogen (secondary N) is 1. The average molecular weight is 548 g/mol. The molecule has 1 N–H and O–H groups in total. The second-order valence-electron chi connectivity index (χ2n) is 8.63. The van der Waals surface area contributed by atoms with E-state index in [1.54, 1.807) is 19.4 Å². The predicted octanol–water partition coefficient (Wildman–Crippen LogP) is 6.47. The molecule has 12 heteroatoms. The molecular formula is C25H19ClF4N5OP. The van der Waals surface area contributed by atoms with E-state index in [0.29, 0.717) is 5.44 Å². The van der Waals surface area contributed by atoms with Crippen LogP contribution >= 0.6 is 18.7 Å². The molecule has 0 radical (unpaired) electrons. The fourth-order valence-corrected chi connectivity index (χ4v) is 4.68. The van der Waals surface area contributed by atoms with Gasteiger partial charge in [-0.25, -0.2) is 27.5 Å². The molecule has 3 heterocycles. The van der Waals surface area contributed by atoms with Crippen LogP contribution in [0.5, 0.6) is 0 Å². The number of alkyl halides is 2. The molecule has 0 spiro atoms. The highest BCUT2D eigenvalue weighted by atomic mass is 35.5. The number of fused-ring (bicyclic) bond motifs is 1. The van der Waals surface area contributed by atoms with Gasteiger partial charge < -0.3 is 9.88 Å². The van der Waals surface area contributed by atoms with Crippen LogP contribution in [0, 0.1) is 29.9 Å². The SMILES string of the molecule is Cc1nc2cc(F)c(-c3ccc(P(C)(C)=O)nc3)nc2c(N[C@H](c2cc(C#N)ccc2F)C(F)F)c1Cl.